The van der Waals surface area contributed by atoms with Crippen molar-refractivity contribution in [3.63, 3.8) is 0 Å². The van der Waals surface area contributed by atoms with Crippen molar-refractivity contribution in [2.24, 2.45) is 0 Å². The smallest absolute Gasteiger partial charge is 0.164 e. The molecule has 12 rings (SSSR count). The van der Waals surface area contributed by atoms with E-state index in [0.29, 0.717) is 17.5 Å². The summed E-state index contributed by atoms with van der Waals surface area (Å²) < 4.78 is 6.74. The van der Waals surface area contributed by atoms with Gasteiger partial charge in [0.2, 0.25) is 0 Å². The highest BCUT2D eigenvalue weighted by atomic mass is 16.3. The summed E-state index contributed by atoms with van der Waals surface area (Å²) >= 11 is 0. The molecule has 0 amide bonds. The molecular weight excluding hydrogens is 707 g/mol. The van der Waals surface area contributed by atoms with Gasteiger partial charge in [0.25, 0.3) is 0 Å². The molecule has 2 aromatic heterocycles. The lowest BCUT2D eigenvalue weighted by molar-refractivity contribution is 0.668. The zero-order chi connectivity index (χ0) is 38.2. The van der Waals surface area contributed by atoms with Crippen LogP contribution in [0, 0.1) is 0 Å². The molecule has 0 bridgehead atoms. The van der Waals surface area contributed by atoms with Crippen molar-refractivity contribution in [1.29, 1.82) is 0 Å². The summed E-state index contributed by atoms with van der Waals surface area (Å²) in [7, 11) is 0. The Kier molecular flexibility index (Phi) is 7.26. The maximum absolute atomic E-state index is 6.74. The second-order valence-electron chi connectivity index (χ2n) is 15.1. The molecule has 0 fully saturated rings. The predicted octanol–water partition coefficient (Wildman–Crippen LogP) is 13.9. The fraction of sp³-hybridized carbons (Fsp3) is 0.0185. The van der Waals surface area contributed by atoms with Crippen molar-refractivity contribution in [3.05, 3.63) is 211 Å². The van der Waals surface area contributed by atoms with E-state index in [1.165, 1.54) is 49.7 Å². The molecule has 4 heteroatoms. The normalized spacial score (nSPS) is 13.3. The van der Waals surface area contributed by atoms with Crippen LogP contribution in [0.15, 0.2) is 199 Å². The van der Waals surface area contributed by atoms with E-state index in [2.05, 4.69) is 194 Å². The van der Waals surface area contributed by atoms with E-state index in [0.717, 1.165) is 49.4 Å². The molecule has 11 aromatic rings. The lowest BCUT2D eigenvalue weighted by atomic mass is 9.86. The van der Waals surface area contributed by atoms with Gasteiger partial charge in [-0.05, 0) is 90.8 Å². The molecule has 4 nitrogen and oxygen atoms in total. The highest BCUT2D eigenvalue weighted by Crippen LogP contribution is 2.53. The average Bonchev–Trinajstić information content (AvgIpc) is 3.84. The first-order valence-electron chi connectivity index (χ1n) is 19.7. The number of rotatable bonds is 5. The Labute approximate surface area is 334 Å². The largest absolute Gasteiger partial charge is 0.456 e. The Morgan fingerprint density at radius 3 is 1.59 bits per heavy atom. The lowest BCUT2D eigenvalue weighted by Crippen LogP contribution is -2.00. The Bertz CT molecular complexity index is 3320. The monoisotopic (exact) mass is 739 g/mol. The van der Waals surface area contributed by atoms with Crippen molar-refractivity contribution in [2.45, 2.75) is 5.92 Å². The molecule has 0 N–H and O–H groups in total. The minimum atomic E-state index is 0.0524. The average molecular weight is 740 g/mol. The van der Waals surface area contributed by atoms with E-state index in [1.807, 2.05) is 0 Å². The summed E-state index contributed by atoms with van der Waals surface area (Å²) in [6, 6.07) is 68.7. The van der Waals surface area contributed by atoms with Crippen molar-refractivity contribution in [2.75, 3.05) is 0 Å². The van der Waals surface area contributed by atoms with Crippen LogP contribution in [0.5, 0.6) is 0 Å². The standard InChI is InChI=1S/C54H33N3O/c1-2-14-35(15-3-1)41-20-10-21-45-49(41)42-18-8-9-19-43(42)50(45)46-22-11-23-47-51(46)44-29-28-40(32-48(44)58-47)54-56-52(38-26-24-33-12-4-6-16-36(33)30-38)55-53(57-54)39-27-25-34-13-5-7-17-37(34)31-39/h1-32,50H. The van der Waals surface area contributed by atoms with E-state index in [1.54, 1.807) is 0 Å². The first kappa shape index (κ1) is 32.5. The van der Waals surface area contributed by atoms with E-state index >= 15 is 0 Å². The second kappa shape index (κ2) is 12.9. The lowest BCUT2D eigenvalue weighted by Gasteiger charge is -2.16. The molecule has 0 spiro atoms. The molecule has 9 aromatic carbocycles. The van der Waals surface area contributed by atoms with Crippen LogP contribution in [0.3, 0.4) is 0 Å². The SMILES string of the molecule is c1ccc(-c2cccc3c2-c2ccccc2C3c2cccc3oc4cc(-c5nc(-c6ccc7ccccc7c6)nc(-c6ccc7ccccc7c6)n5)ccc4c23)cc1. The number of hydrogen-bond donors (Lipinski definition) is 0. The van der Waals surface area contributed by atoms with Crippen molar-refractivity contribution >= 4 is 43.5 Å². The Hall–Kier alpha value is -7.69. The van der Waals surface area contributed by atoms with Gasteiger partial charge in [-0.25, -0.2) is 15.0 Å². The molecule has 0 radical (unpaired) electrons. The molecule has 2 heterocycles. The van der Waals surface area contributed by atoms with E-state index in [-0.39, 0.29) is 5.92 Å². The van der Waals surface area contributed by atoms with Gasteiger partial charge in [0.05, 0.1) is 0 Å². The third kappa shape index (κ3) is 5.19. The van der Waals surface area contributed by atoms with Crippen molar-refractivity contribution in [1.82, 2.24) is 15.0 Å². The van der Waals surface area contributed by atoms with Gasteiger partial charge in [-0.2, -0.15) is 0 Å². The van der Waals surface area contributed by atoms with Gasteiger partial charge >= 0.3 is 0 Å². The summed E-state index contributed by atoms with van der Waals surface area (Å²) in [5, 5.41) is 6.82. The van der Waals surface area contributed by atoms with E-state index in [4.69, 9.17) is 19.4 Å². The Balaban J connectivity index is 1.02. The summed E-state index contributed by atoms with van der Waals surface area (Å²) in [5.74, 6) is 1.89. The molecular formula is C54H33N3O. The molecule has 0 saturated carbocycles. The number of aromatic nitrogens is 3. The van der Waals surface area contributed by atoms with Crippen LogP contribution in [0.4, 0.5) is 0 Å². The summed E-state index contributed by atoms with van der Waals surface area (Å²) in [6.45, 7) is 0. The molecule has 58 heavy (non-hydrogen) atoms. The van der Waals surface area contributed by atoms with Crippen LogP contribution < -0.4 is 0 Å². The van der Waals surface area contributed by atoms with Crippen LogP contribution in [0.1, 0.15) is 22.6 Å². The van der Waals surface area contributed by atoms with Crippen LogP contribution in [-0.2, 0) is 0 Å². The second-order valence-corrected chi connectivity index (χ2v) is 15.1. The topological polar surface area (TPSA) is 51.8 Å². The number of hydrogen-bond acceptors (Lipinski definition) is 4. The zero-order valence-corrected chi connectivity index (χ0v) is 31.3. The molecule has 1 unspecified atom stereocenters. The zero-order valence-electron chi connectivity index (χ0n) is 31.3. The van der Waals surface area contributed by atoms with E-state index < -0.39 is 0 Å². The van der Waals surface area contributed by atoms with Gasteiger partial charge in [0.1, 0.15) is 11.2 Å². The van der Waals surface area contributed by atoms with Gasteiger partial charge in [-0.1, -0.05) is 164 Å². The van der Waals surface area contributed by atoms with Gasteiger partial charge in [0.15, 0.2) is 17.5 Å². The fourth-order valence-electron chi connectivity index (χ4n) is 9.10. The highest BCUT2D eigenvalue weighted by molar-refractivity contribution is 6.09. The van der Waals surface area contributed by atoms with Crippen molar-refractivity contribution in [3.8, 4) is 56.4 Å². The molecule has 1 atom stereocenters. The number of furan rings is 1. The first-order valence-corrected chi connectivity index (χ1v) is 19.7. The first-order chi connectivity index (χ1) is 28.7. The quantitative estimate of drug-likeness (QED) is 0.176. The number of nitrogens with zero attached hydrogens (tertiary/aromatic N) is 3. The maximum atomic E-state index is 6.74. The maximum Gasteiger partial charge on any atom is 0.164 e. The molecule has 0 aliphatic heterocycles. The summed E-state index contributed by atoms with van der Waals surface area (Å²) in [5.41, 5.74) is 13.3. The molecule has 0 saturated heterocycles. The van der Waals surface area contributed by atoms with Gasteiger partial charge in [0, 0.05) is 33.4 Å². The van der Waals surface area contributed by atoms with E-state index in [9.17, 15) is 0 Å². The number of benzene rings is 9. The van der Waals surface area contributed by atoms with Gasteiger partial charge < -0.3 is 4.42 Å². The highest BCUT2D eigenvalue weighted by Gasteiger charge is 2.33. The Morgan fingerprint density at radius 1 is 0.345 bits per heavy atom. The van der Waals surface area contributed by atoms with Crippen LogP contribution in [-0.4, -0.2) is 15.0 Å². The number of fused-ring (bicyclic) bond motifs is 8. The molecule has 1 aliphatic carbocycles. The predicted molar refractivity (Wildman–Crippen MR) is 237 cm³/mol. The summed E-state index contributed by atoms with van der Waals surface area (Å²) in [4.78, 5) is 15.3. The van der Waals surface area contributed by atoms with Crippen LogP contribution >= 0.6 is 0 Å². The fourth-order valence-corrected chi connectivity index (χ4v) is 9.10. The minimum absolute atomic E-state index is 0.0524. The third-order valence-corrected chi connectivity index (χ3v) is 11.8. The minimum Gasteiger partial charge on any atom is -0.456 e. The molecule has 1 aliphatic rings. The Morgan fingerprint density at radius 2 is 0.879 bits per heavy atom. The van der Waals surface area contributed by atoms with Crippen LogP contribution in [0.2, 0.25) is 0 Å². The summed E-state index contributed by atoms with van der Waals surface area (Å²) in [6.07, 6.45) is 0. The van der Waals surface area contributed by atoms with Crippen LogP contribution in [0.25, 0.3) is 99.9 Å². The third-order valence-electron chi connectivity index (χ3n) is 11.8. The van der Waals surface area contributed by atoms with Gasteiger partial charge in [-0.15, -0.1) is 0 Å². The molecule has 270 valence electrons. The van der Waals surface area contributed by atoms with Gasteiger partial charge in [-0.3, -0.25) is 0 Å². The van der Waals surface area contributed by atoms with Crippen molar-refractivity contribution < 1.29 is 4.42 Å².